The van der Waals surface area contributed by atoms with Crippen molar-refractivity contribution in [3.63, 3.8) is 0 Å². The van der Waals surface area contributed by atoms with Gasteiger partial charge >= 0.3 is 0 Å². The van der Waals surface area contributed by atoms with Gasteiger partial charge in [0.25, 0.3) is 0 Å². The Morgan fingerprint density at radius 3 is 2.79 bits per heavy atom. The van der Waals surface area contributed by atoms with E-state index in [1.54, 1.807) is 0 Å². The highest BCUT2D eigenvalue weighted by Gasteiger charge is 2.28. The third-order valence-corrected chi connectivity index (χ3v) is 5.76. The van der Waals surface area contributed by atoms with Crippen molar-refractivity contribution in [1.82, 2.24) is 19.8 Å². The molecule has 0 N–H and O–H groups in total. The normalized spacial score (nSPS) is 24.5. The molecule has 3 heterocycles. The highest BCUT2D eigenvalue weighted by molar-refractivity contribution is 5.77. The third-order valence-electron chi connectivity index (χ3n) is 5.76. The van der Waals surface area contributed by atoms with Crippen molar-refractivity contribution < 1.29 is 0 Å². The zero-order valence-corrected chi connectivity index (χ0v) is 14.7. The first-order chi connectivity index (χ1) is 11.8. The Kier molecular flexibility index (Phi) is 4.76. The molecule has 4 heteroatoms. The molecule has 2 aromatic rings. The van der Waals surface area contributed by atoms with Crippen LogP contribution in [0.15, 0.2) is 30.6 Å². The molecule has 2 aliphatic rings. The van der Waals surface area contributed by atoms with Crippen molar-refractivity contribution in [1.29, 1.82) is 0 Å². The van der Waals surface area contributed by atoms with E-state index in [0.717, 1.165) is 23.5 Å². The van der Waals surface area contributed by atoms with Crippen LogP contribution in [0.1, 0.15) is 31.2 Å². The Morgan fingerprint density at radius 2 is 1.92 bits per heavy atom. The molecule has 2 aromatic heterocycles. The van der Waals surface area contributed by atoms with Gasteiger partial charge in [-0.05, 0) is 56.0 Å². The molecule has 128 valence electrons. The van der Waals surface area contributed by atoms with E-state index >= 15 is 0 Å². The fraction of sp³-hybridized carbons (Fsp3) is 0.600. The van der Waals surface area contributed by atoms with Gasteiger partial charge in [0.1, 0.15) is 0 Å². The summed E-state index contributed by atoms with van der Waals surface area (Å²) in [6.07, 6.45) is 10.6. The van der Waals surface area contributed by atoms with Crippen LogP contribution >= 0.6 is 0 Å². The second-order valence-corrected chi connectivity index (χ2v) is 7.61. The number of hydrogen-bond donors (Lipinski definition) is 0. The number of nitrogens with zero attached hydrogens (tertiary/aromatic N) is 4. The molecule has 1 atom stereocenters. The van der Waals surface area contributed by atoms with Crippen molar-refractivity contribution in [3.05, 3.63) is 36.2 Å². The molecule has 4 nitrogen and oxygen atoms in total. The molecule has 1 aliphatic carbocycles. The lowest BCUT2D eigenvalue weighted by molar-refractivity contribution is 0.187. The molecule has 0 amide bonds. The van der Waals surface area contributed by atoms with E-state index in [4.69, 9.17) is 0 Å². The van der Waals surface area contributed by atoms with Crippen LogP contribution in [0, 0.1) is 5.92 Å². The highest BCUT2D eigenvalue weighted by Crippen LogP contribution is 2.27. The fourth-order valence-electron chi connectivity index (χ4n) is 4.55. The predicted molar refractivity (Wildman–Crippen MR) is 98.1 cm³/mol. The number of likely N-dealkylation sites (N-methyl/N-ethyl adjacent to an activating group) is 1. The van der Waals surface area contributed by atoms with Gasteiger partial charge in [-0.15, -0.1) is 0 Å². The minimum Gasteiger partial charge on any atom is -0.305 e. The first kappa shape index (κ1) is 16.0. The van der Waals surface area contributed by atoms with Crippen LogP contribution in [0.2, 0.25) is 0 Å². The van der Waals surface area contributed by atoms with Crippen molar-refractivity contribution in [2.24, 2.45) is 5.92 Å². The molecule has 0 aromatic carbocycles. The zero-order chi connectivity index (χ0) is 16.4. The summed E-state index contributed by atoms with van der Waals surface area (Å²) in [4.78, 5) is 14.3. The number of fused-ring (bicyclic) bond motifs is 1. The summed E-state index contributed by atoms with van der Waals surface area (Å²) in [7, 11) is 2.27. The van der Waals surface area contributed by atoms with Gasteiger partial charge in [-0.25, -0.2) is 0 Å². The van der Waals surface area contributed by atoms with Crippen LogP contribution in [-0.2, 0) is 6.42 Å². The quantitative estimate of drug-likeness (QED) is 0.869. The van der Waals surface area contributed by atoms with E-state index in [1.807, 2.05) is 18.5 Å². The van der Waals surface area contributed by atoms with E-state index in [0.29, 0.717) is 5.92 Å². The first-order valence-electron chi connectivity index (χ1n) is 9.41. The standard InChI is InChI=1S/C20H28N4/c1-23-11-12-24(18-5-2-3-6-18)15-16(14-23)13-17-8-10-21-19-7-4-9-22-20(17)19/h4,7-10,16,18H,2-3,5-6,11-15H2,1H3/t16-/m0/s1. The second-order valence-electron chi connectivity index (χ2n) is 7.61. The molecule has 1 aliphatic heterocycles. The lowest BCUT2D eigenvalue weighted by atomic mass is 9.97. The highest BCUT2D eigenvalue weighted by atomic mass is 15.2. The summed E-state index contributed by atoms with van der Waals surface area (Å²) in [5.41, 5.74) is 3.45. The van der Waals surface area contributed by atoms with E-state index in [9.17, 15) is 0 Å². The summed E-state index contributed by atoms with van der Waals surface area (Å²) in [5.74, 6) is 0.672. The Morgan fingerprint density at radius 1 is 1.04 bits per heavy atom. The van der Waals surface area contributed by atoms with Crippen LogP contribution in [0.25, 0.3) is 11.0 Å². The largest absolute Gasteiger partial charge is 0.305 e. The molecule has 1 saturated heterocycles. The van der Waals surface area contributed by atoms with Gasteiger partial charge in [0.2, 0.25) is 0 Å². The summed E-state index contributed by atoms with van der Waals surface area (Å²) in [5, 5.41) is 0. The molecular weight excluding hydrogens is 296 g/mol. The molecule has 0 bridgehead atoms. The average molecular weight is 324 g/mol. The van der Waals surface area contributed by atoms with Crippen LogP contribution in [-0.4, -0.2) is 59.0 Å². The zero-order valence-electron chi connectivity index (χ0n) is 14.7. The number of rotatable bonds is 3. The Hall–Kier alpha value is -1.52. The minimum absolute atomic E-state index is 0.672. The summed E-state index contributed by atoms with van der Waals surface area (Å²) < 4.78 is 0. The number of hydrogen-bond acceptors (Lipinski definition) is 4. The van der Waals surface area contributed by atoms with Crippen molar-refractivity contribution in [2.75, 3.05) is 33.2 Å². The fourth-order valence-corrected chi connectivity index (χ4v) is 4.55. The molecule has 0 radical (unpaired) electrons. The van der Waals surface area contributed by atoms with Crippen molar-refractivity contribution in [3.8, 4) is 0 Å². The van der Waals surface area contributed by atoms with Gasteiger partial charge < -0.3 is 4.90 Å². The molecule has 24 heavy (non-hydrogen) atoms. The Balaban J connectivity index is 1.54. The maximum atomic E-state index is 4.60. The summed E-state index contributed by atoms with van der Waals surface area (Å²) in [6.45, 7) is 4.83. The third kappa shape index (κ3) is 3.45. The first-order valence-corrected chi connectivity index (χ1v) is 9.41. The second kappa shape index (κ2) is 7.16. The van der Waals surface area contributed by atoms with Crippen LogP contribution < -0.4 is 0 Å². The van der Waals surface area contributed by atoms with E-state index in [-0.39, 0.29) is 0 Å². The SMILES string of the molecule is CN1CCN(C2CCCC2)C[C@@H](Cc2ccnc3cccnc23)C1. The van der Waals surface area contributed by atoms with Gasteiger partial charge in [-0.1, -0.05) is 12.8 Å². The van der Waals surface area contributed by atoms with E-state index < -0.39 is 0 Å². The lowest BCUT2D eigenvalue weighted by Crippen LogP contribution is -2.38. The van der Waals surface area contributed by atoms with Gasteiger partial charge in [-0.3, -0.25) is 14.9 Å². The molecular formula is C20H28N4. The topological polar surface area (TPSA) is 32.3 Å². The maximum absolute atomic E-state index is 4.60. The van der Waals surface area contributed by atoms with E-state index in [2.05, 4.69) is 38.9 Å². The summed E-state index contributed by atoms with van der Waals surface area (Å²) in [6, 6.07) is 7.03. The molecule has 0 unspecified atom stereocenters. The molecule has 0 spiro atoms. The lowest BCUT2D eigenvalue weighted by Gasteiger charge is -2.29. The minimum atomic E-state index is 0.672. The molecule has 2 fully saturated rings. The van der Waals surface area contributed by atoms with Crippen LogP contribution in [0.3, 0.4) is 0 Å². The van der Waals surface area contributed by atoms with Gasteiger partial charge in [-0.2, -0.15) is 0 Å². The van der Waals surface area contributed by atoms with Crippen LogP contribution in [0.5, 0.6) is 0 Å². The van der Waals surface area contributed by atoms with Gasteiger partial charge in [0, 0.05) is 44.6 Å². The van der Waals surface area contributed by atoms with E-state index in [1.165, 1.54) is 57.4 Å². The monoisotopic (exact) mass is 324 g/mol. The summed E-state index contributed by atoms with van der Waals surface area (Å²) >= 11 is 0. The number of pyridine rings is 2. The van der Waals surface area contributed by atoms with Crippen molar-refractivity contribution >= 4 is 11.0 Å². The maximum Gasteiger partial charge on any atom is 0.0918 e. The van der Waals surface area contributed by atoms with Gasteiger partial charge in [0.05, 0.1) is 11.0 Å². The molecule has 4 rings (SSSR count). The Labute approximate surface area is 144 Å². The van der Waals surface area contributed by atoms with Crippen molar-refractivity contribution in [2.45, 2.75) is 38.1 Å². The predicted octanol–water partition coefficient (Wildman–Crippen LogP) is 2.98. The average Bonchev–Trinajstić information content (AvgIpc) is 3.07. The van der Waals surface area contributed by atoms with Gasteiger partial charge in [0.15, 0.2) is 0 Å². The number of aromatic nitrogens is 2. The van der Waals surface area contributed by atoms with Crippen LogP contribution in [0.4, 0.5) is 0 Å². The smallest absolute Gasteiger partial charge is 0.0918 e. The Bertz CT molecular complexity index is 675. The molecule has 1 saturated carbocycles.